The lowest BCUT2D eigenvalue weighted by Gasteiger charge is -2.41. The second-order valence-electron chi connectivity index (χ2n) is 9.23. The van der Waals surface area contributed by atoms with Crippen LogP contribution in [0.1, 0.15) is 59.3 Å². The fraction of sp³-hybridized carbons (Fsp3) is 0.458. The molecular weight excluding hydrogens is 456 g/mol. The van der Waals surface area contributed by atoms with Crippen molar-refractivity contribution in [1.82, 2.24) is 10.3 Å². The maximum absolute atomic E-state index is 14.7. The highest BCUT2D eigenvalue weighted by Gasteiger charge is 2.64. The Morgan fingerprint density at radius 3 is 2.35 bits per heavy atom. The van der Waals surface area contributed by atoms with E-state index in [0.717, 1.165) is 12.5 Å². The molecule has 0 aliphatic heterocycles. The molecule has 2 saturated carbocycles. The Balaban J connectivity index is 1.43. The number of amides is 1. The predicted octanol–water partition coefficient (Wildman–Crippen LogP) is 3.52. The number of Topliss-reactive ketones (excluding diaryl/α,β-unsaturated/α-hetero) is 1. The molecule has 0 spiro atoms. The zero-order valence-electron chi connectivity index (χ0n) is 18.2. The summed E-state index contributed by atoms with van der Waals surface area (Å²) in [4.78, 5) is 28.6. The van der Waals surface area contributed by atoms with Crippen molar-refractivity contribution in [2.24, 2.45) is 0 Å². The number of alkyl halides is 3. The molecule has 0 atom stereocenters. The minimum Gasteiger partial charge on any atom is -0.508 e. The van der Waals surface area contributed by atoms with Crippen LogP contribution in [-0.2, 0) is 23.1 Å². The van der Waals surface area contributed by atoms with E-state index in [4.69, 9.17) is 0 Å². The van der Waals surface area contributed by atoms with E-state index in [9.17, 15) is 37.4 Å². The monoisotopic (exact) mass is 480 g/mol. The first-order valence-corrected chi connectivity index (χ1v) is 11.0. The van der Waals surface area contributed by atoms with Gasteiger partial charge in [-0.25, -0.2) is 4.39 Å². The largest absolute Gasteiger partial charge is 0.508 e. The SMILES string of the molecule is O=C(Cc1ccnc(C(=O)NC2(C(F)(F)F)CC2)c1)Cc1cc(O)c(C2(CO)CCC2)cc1F. The highest BCUT2D eigenvalue weighted by molar-refractivity contribution is 5.93. The van der Waals surface area contributed by atoms with E-state index < -0.39 is 34.6 Å². The summed E-state index contributed by atoms with van der Waals surface area (Å²) in [5.41, 5.74) is -2.47. The molecule has 10 heteroatoms. The van der Waals surface area contributed by atoms with Crippen molar-refractivity contribution in [2.75, 3.05) is 6.61 Å². The Hall–Kier alpha value is -3.01. The summed E-state index contributed by atoms with van der Waals surface area (Å²) < 4.78 is 53.9. The fourth-order valence-corrected chi connectivity index (χ4v) is 4.38. The number of aromatic hydroxyl groups is 1. The maximum Gasteiger partial charge on any atom is 0.411 e. The first kappa shape index (κ1) is 24.1. The van der Waals surface area contributed by atoms with Gasteiger partial charge in [-0.2, -0.15) is 13.2 Å². The molecule has 4 rings (SSSR count). The van der Waals surface area contributed by atoms with E-state index in [0.29, 0.717) is 24.0 Å². The number of hydrogen-bond acceptors (Lipinski definition) is 5. The molecular formula is C24H24F4N2O4. The van der Waals surface area contributed by atoms with Crippen LogP contribution in [0.5, 0.6) is 5.75 Å². The minimum atomic E-state index is -4.56. The number of nitrogens with one attached hydrogen (secondary N) is 1. The number of nitrogens with zero attached hydrogens (tertiary/aromatic N) is 1. The molecule has 182 valence electrons. The van der Waals surface area contributed by atoms with E-state index in [-0.39, 0.29) is 49.3 Å². The van der Waals surface area contributed by atoms with Crippen LogP contribution >= 0.6 is 0 Å². The molecule has 0 saturated heterocycles. The second-order valence-corrected chi connectivity index (χ2v) is 9.23. The number of aliphatic hydroxyl groups is 1. The van der Waals surface area contributed by atoms with Gasteiger partial charge in [0.25, 0.3) is 5.91 Å². The number of phenolic OH excluding ortho intramolecular Hbond substituents is 1. The fourth-order valence-electron chi connectivity index (χ4n) is 4.38. The summed E-state index contributed by atoms with van der Waals surface area (Å²) in [7, 11) is 0. The minimum absolute atomic E-state index is 0.00783. The van der Waals surface area contributed by atoms with E-state index in [1.54, 1.807) is 0 Å². The van der Waals surface area contributed by atoms with Crippen molar-refractivity contribution in [2.45, 2.75) is 62.1 Å². The van der Waals surface area contributed by atoms with Gasteiger partial charge in [0.1, 0.15) is 28.6 Å². The Morgan fingerprint density at radius 2 is 1.79 bits per heavy atom. The number of carbonyl (C=O) groups is 2. The van der Waals surface area contributed by atoms with Crippen LogP contribution in [0.4, 0.5) is 17.6 Å². The van der Waals surface area contributed by atoms with Crippen LogP contribution < -0.4 is 5.32 Å². The van der Waals surface area contributed by atoms with Crippen molar-refractivity contribution in [1.29, 1.82) is 0 Å². The number of halogens is 4. The lowest BCUT2D eigenvalue weighted by Crippen LogP contribution is -2.48. The quantitative estimate of drug-likeness (QED) is 0.502. The average molecular weight is 480 g/mol. The van der Waals surface area contributed by atoms with Gasteiger partial charge in [-0.1, -0.05) is 6.42 Å². The third-order valence-electron chi connectivity index (χ3n) is 6.84. The van der Waals surface area contributed by atoms with Crippen molar-refractivity contribution in [3.8, 4) is 5.75 Å². The third kappa shape index (κ3) is 4.51. The van der Waals surface area contributed by atoms with E-state index in [1.807, 2.05) is 5.32 Å². The highest BCUT2D eigenvalue weighted by Crippen LogP contribution is 2.49. The van der Waals surface area contributed by atoms with Crippen molar-refractivity contribution in [3.63, 3.8) is 0 Å². The number of ketones is 1. The molecule has 1 aromatic carbocycles. The number of phenols is 1. The number of benzene rings is 1. The topological polar surface area (TPSA) is 99.5 Å². The maximum atomic E-state index is 14.7. The average Bonchev–Trinajstić information content (AvgIpc) is 3.52. The summed E-state index contributed by atoms with van der Waals surface area (Å²) in [6, 6.07) is 5.04. The number of hydrogen-bond donors (Lipinski definition) is 3. The molecule has 2 aliphatic carbocycles. The van der Waals surface area contributed by atoms with Crippen LogP contribution in [0, 0.1) is 5.82 Å². The van der Waals surface area contributed by atoms with Gasteiger partial charge in [0.05, 0.1) is 6.61 Å². The molecule has 6 nitrogen and oxygen atoms in total. The Bertz CT molecular complexity index is 1120. The predicted molar refractivity (Wildman–Crippen MR) is 113 cm³/mol. The highest BCUT2D eigenvalue weighted by atomic mass is 19.4. The molecule has 0 radical (unpaired) electrons. The Kier molecular flexibility index (Phi) is 6.14. The summed E-state index contributed by atoms with van der Waals surface area (Å²) >= 11 is 0. The van der Waals surface area contributed by atoms with Gasteiger partial charge in [0.2, 0.25) is 0 Å². The molecule has 0 unspecified atom stereocenters. The molecule has 0 bridgehead atoms. The molecule has 2 aliphatic rings. The lowest BCUT2D eigenvalue weighted by molar-refractivity contribution is -0.163. The first-order chi connectivity index (χ1) is 16.0. The van der Waals surface area contributed by atoms with Crippen molar-refractivity contribution >= 4 is 11.7 Å². The number of aliphatic hydroxyl groups excluding tert-OH is 1. The molecule has 1 heterocycles. The summed E-state index contributed by atoms with van der Waals surface area (Å²) in [5, 5.41) is 22.0. The zero-order valence-corrected chi connectivity index (χ0v) is 18.2. The van der Waals surface area contributed by atoms with Gasteiger partial charge in [-0.15, -0.1) is 0 Å². The summed E-state index contributed by atoms with van der Waals surface area (Å²) in [6.45, 7) is -0.208. The molecule has 34 heavy (non-hydrogen) atoms. The Morgan fingerprint density at radius 1 is 1.09 bits per heavy atom. The van der Waals surface area contributed by atoms with Crippen LogP contribution in [-0.4, -0.2) is 45.2 Å². The summed E-state index contributed by atoms with van der Waals surface area (Å²) in [5.74, 6) is -2.25. The second kappa shape index (κ2) is 8.65. The van der Waals surface area contributed by atoms with Crippen LogP contribution in [0.2, 0.25) is 0 Å². The summed E-state index contributed by atoms with van der Waals surface area (Å²) in [6.07, 6.45) is -2.12. The van der Waals surface area contributed by atoms with Gasteiger partial charge in [0.15, 0.2) is 0 Å². The van der Waals surface area contributed by atoms with Gasteiger partial charge in [0, 0.05) is 30.0 Å². The number of carbonyl (C=O) groups excluding carboxylic acids is 2. The molecule has 1 aromatic heterocycles. The van der Waals surface area contributed by atoms with E-state index >= 15 is 0 Å². The normalized spacial score (nSPS) is 18.1. The van der Waals surface area contributed by atoms with Crippen molar-refractivity contribution in [3.05, 3.63) is 58.7 Å². The molecule has 2 fully saturated rings. The standard InChI is InChI=1S/C24H24F4N2O4/c25-18-12-17(22(13-31)3-1-4-22)20(33)11-15(18)10-16(32)8-14-2-7-29-19(9-14)21(34)30-23(5-6-23)24(26,27)28/h2,7,9,11-12,31,33H,1,3-6,8,10,13H2,(H,30,34). The number of pyridine rings is 1. The van der Waals surface area contributed by atoms with Gasteiger partial charge in [-0.3, -0.25) is 14.6 Å². The number of aromatic nitrogens is 1. The lowest BCUT2D eigenvalue weighted by atomic mass is 9.64. The zero-order chi connectivity index (χ0) is 24.7. The van der Waals surface area contributed by atoms with Crippen LogP contribution in [0.25, 0.3) is 0 Å². The van der Waals surface area contributed by atoms with Gasteiger partial charge in [-0.05, 0) is 61.1 Å². The van der Waals surface area contributed by atoms with Crippen LogP contribution in [0.3, 0.4) is 0 Å². The number of rotatable bonds is 8. The van der Waals surface area contributed by atoms with Crippen molar-refractivity contribution < 1.29 is 37.4 Å². The molecule has 2 aromatic rings. The molecule has 3 N–H and O–H groups in total. The smallest absolute Gasteiger partial charge is 0.411 e. The van der Waals surface area contributed by atoms with E-state index in [1.165, 1.54) is 24.4 Å². The Labute approximate surface area is 193 Å². The van der Waals surface area contributed by atoms with E-state index in [2.05, 4.69) is 4.98 Å². The third-order valence-corrected chi connectivity index (χ3v) is 6.84. The van der Waals surface area contributed by atoms with Gasteiger partial charge < -0.3 is 15.5 Å². The van der Waals surface area contributed by atoms with Crippen LogP contribution in [0.15, 0.2) is 30.5 Å². The van der Waals surface area contributed by atoms with Gasteiger partial charge >= 0.3 is 6.18 Å². The first-order valence-electron chi connectivity index (χ1n) is 11.0. The molecule has 1 amide bonds.